The first-order valence-corrected chi connectivity index (χ1v) is 14.0. The first kappa shape index (κ1) is 30.7. The van der Waals surface area contributed by atoms with E-state index in [4.69, 9.17) is 4.74 Å². The second-order valence-corrected chi connectivity index (χ2v) is 11.8. The molecule has 0 bridgehead atoms. The zero-order valence-electron chi connectivity index (χ0n) is 24.3. The van der Waals surface area contributed by atoms with Crippen molar-refractivity contribution < 1.29 is 19.1 Å². The quantitative estimate of drug-likeness (QED) is 0.336. The third kappa shape index (κ3) is 9.04. The number of amides is 3. The van der Waals surface area contributed by atoms with Crippen LogP contribution in [0.25, 0.3) is 0 Å². The Hall–Kier alpha value is -2.57. The molecule has 1 aliphatic carbocycles. The fraction of sp³-hybridized carbons (Fsp3) is 0.700. The van der Waals surface area contributed by atoms with Crippen LogP contribution in [0.5, 0.6) is 0 Å². The molecule has 0 radical (unpaired) electrons. The summed E-state index contributed by atoms with van der Waals surface area (Å²) in [5.41, 5.74) is 2.25. The number of carbonyl (C=O) groups is 3. The number of rotatable bonds is 12. The second-order valence-electron chi connectivity index (χ2n) is 11.8. The van der Waals surface area contributed by atoms with Gasteiger partial charge in [0.1, 0.15) is 17.7 Å². The highest BCUT2D eigenvalue weighted by Gasteiger charge is 2.42. The summed E-state index contributed by atoms with van der Waals surface area (Å²) in [6.45, 7) is 16.2. The standard InChI is InChI=1S/C30H49N3O4/c1-9-10-11-18-31-27(34)26(24-17-12-14-21(4)22(24)5)33(23-15-13-16-23)28(35)25(19-20(2)3)32-29(36)37-30(6,7)8/h12,14,17,20,23,25-26H,9-11,13,15-16,18-19H2,1-8H3,(H,31,34)(H,32,36). The number of nitrogens with zero attached hydrogens (tertiary/aromatic N) is 1. The molecule has 2 N–H and O–H groups in total. The Morgan fingerprint density at radius 1 is 1.11 bits per heavy atom. The van der Waals surface area contributed by atoms with Crippen molar-refractivity contribution in [3.8, 4) is 0 Å². The number of aryl methyl sites for hydroxylation is 1. The van der Waals surface area contributed by atoms with Crippen LogP contribution in [0.3, 0.4) is 0 Å². The van der Waals surface area contributed by atoms with Gasteiger partial charge in [0.15, 0.2) is 0 Å². The molecule has 3 amide bonds. The smallest absolute Gasteiger partial charge is 0.408 e. The molecule has 7 nitrogen and oxygen atoms in total. The fourth-order valence-electron chi connectivity index (χ4n) is 4.68. The summed E-state index contributed by atoms with van der Waals surface area (Å²) in [4.78, 5) is 42.6. The van der Waals surface area contributed by atoms with Crippen molar-refractivity contribution >= 4 is 17.9 Å². The molecular formula is C30H49N3O4. The van der Waals surface area contributed by atoms with Crippen LogP contribution in [-0.2, 0) is 14.3 Å². The van der Waals surface area contributed by atoms with Crippen LogP contribution in [-0.4, -0.2) is 47.0 Å². The molecule has 0 heterocycles. The Balaban J connectivity index is 2.48. The molecule has 0 spiro atoms. The van der Waals surface area contributed by atoms with Gasteiger partial charge in [0, 0.05) is 12.6 Å². The average molecular weight is 516 g/mol. The van der Waals surface area contributed by atoms with Gasteiger partial charge in [-0.05, 0) is 89.3 Å². The van der Waals surface area contributed by atoms with E-state index in [0.717, 1.165) is 55.2 Å². The van der Waals surface area contributed by atoms with E-state index in [2.05, 4.69) is 17.6 Å². The first-order valence-electron chi connectivity index (χ1n) is 14.0. The van der Waals surface area contributed by atoms with Gasteiger partial charge in [-0.1, -0.05) is 51.8 Å². The molecule has 1 aromatic carbocycles. The van der Waals surface area contributed by atoms with Crippen molar-refractivity contribution in [2.45, 2.75) is 124 Å². The molecular weight excluding hydrogens is 466 g/mol. The lowest BCUT2D eigenvalue weighted by Crippen LogP contribution is -2.57. The van der Waals surface area contributed by atoms with Crippen LogP contribution in [0.1, 0.15) is 109 Å². The van der Waals surface area contributed by atoms with Gasteiger partial charge in [0.2, 0.25) is 11.8 Å². The summed E-state index contributed by atoms with van der Waals surface area (Å²) in [6.07, 6.45) is 5.54. The van der Waals surface area contributed by atoms with Gasteiger partial charge < -0.3 is 20.3 Å². The maximum Gasteiger partial charge on any atom is 0.408 e. The lowest BCUT2D eigenvalue weighted by atomic mass is 9.86. The average Bonchev–Trinajstić information content (AvgIpc) is 2.75. The Morgan fingerprint density at radius 3 is 2.32 bits per heavy atom. The summed E-state index contributed by atoms with van der Waals surface area (Å²) < 4.78 is 5.48. The van der Waals surface area contributed by atoms with Crippen molar-refractivity contribution in [3.63, 3.8) is 0 Å². The number of ether oxygens (including phenoxy) is 1. The largest absolute Gasteiger partial charge is 0.444 e. The Kier molecular flexibility index (Phi) is 11.5. The number of carbonyl (C=O) groups excluding carboxylic acids is 3. The topological polar surface area (TPSA) is 87.7 Å². The minimum Gasteiger partial charge on any atom is -0.444 e. The normalized spacial score (nSPS) is 15.5. The van der Waals surface area contributed by atoms with Crippen LogP contribution in [0.15, 0.2) is 18.2 Å². The molecule has 1 saturated carbocycles. The number of unbranched alkanes of at least 4 members (excludes halogenated alkanes) is 2. The van der Waals surface area contributed by atoms with E-state index in [1.807, 2.05) is 45.9 Å². The number of benzene rings is 1. The molecule has 1 aromatic rings. The van der Waals surface area contributed by atoms with Gasteiger partial charge in [0.25, 0.3) is 0 Å². The van der Waals surface area contributed by atoms with Gasteiger partial charge in [-0.2, -0.15) is 0 Å². The predicted octanol–water partition coefficient (Wildman–Crippen LogP) is 5.97. The Bertz CT molecular complexity index is 918. The van der Waals surface area contributed by atoms with Gasteiger partial charge >= 0.3 is 6.09 Å². The minimum absolute atomic E-state index is 0.0473. The van der Waals surface area contributed by atoms with E-state index >= 15 is 0 Å². The number of alkyl carbamates (subject to hydrolysis) is 1. The van der Waals surface area contributed by atoms with Crippen LogP contribution >= 0.6 is 0 Å². The molecule has 2 atom stereocenters. The summed E-state index contributed by atoms with van der Waals surface area (Å²) in [6, 6.07) is 4.34. The zero-order chi connectivity index (χ0) is 27.8. The van der Waals surface area contributed by atoms with E-state index in [-0.39, 0.29) is 23.8 Å². The molecule has 37 heavy (non-hydrogen) atoms. The number of nitrogens with one attached hydrogen (secondary N) is 2. The maximum absolute atomic E-state index is 14.3. The lowest BCUT2D eigenvalue weighted by molar-refractivity contribution is -0.147. The van der Waals surface area contributed by atoms with Crippen LogP contribution in [0.4, 0.5) is 4.79 Å². The highest BCUT2D eigenvalue weighted by Crippen LogP contribution is 2.35. The van der Waals surface area contributed by atoms with Gasteiger partial charge in [-0.15, -0.1) is 0 Å². The molecule has 0 aliphatic heterocycles. The zero-order valence-corrected chi connectivity index (χ0v) is 24.3. The highest BCUT2D eigenvalue weighted by atomic mass is 16.6. The maximum atomic E-state index is 14.3. The minimum atomic E-state index is -0.782. The molecule has 1 aliphatic rings. The van der Waals surface area contributed by atoms with E-state index < -0.39 is 23.8 Å². The molecule has 0 aromatic heterocycles. The molecule has 7 heteroatoms. The first-order chi connectivity index (χ1) is 17.4. The Labute approximate surface area is 224 Å². The molecule has 208 valence electrons. The van der Waals surface area contributed by atoms with Gasteiger partial charge in [-0.3, -0.25) is 9.59 Å². The third-order valence-electron chi connectivity index (χ3n) is 6.97. The summed E-state index contributed by atoms with van der Waals surface area (Å²) in [5.74, 6) is -0.223. The van der Waals surface area contributed by atoms with Crippen LogP contribution < -0.4 is 10.6 Å². The van der Waals surface area contributed by atoms with E-state index in [1.165, 1.54) is 0 Å². The SMILES string of the molecule is CCCCCNC(=O)C(c1cccc(C)c1C)N(C(=O)C(CC(C)C)NC(=O)OC(C)(C)C)C1CCC1. The van der Waals surface area contributed by atoms with Gasteiger partial charge in [0.05, 0.1) is 0 Å². The molecule has 0 saturated heterocycles. The fourth-order valence-corrected chi connectivity index (χ4v) is 4.68. The number of hydrogen-bond acceptors (Lipinski definition) is 4. The molecule has 2 rings (SSSR count). The van der Waals surface area contributed by atoms with Crippen LogP contribution in [0.2, 0.25) is 0 Å². The third-order valence-corrected chi connectivity index (χ3v) is 6.97. The van der Waals surface area contributed by atoms with E-state index in [0.29, 0.717) is 13.0 Å². The van der Waals surface area contributed by atoms with Crippen molar-refractivity contribution in [3.05, 3.63) is 34.9 Å². The van der Waals surface area contributed by atoms with Crippen molar-refractivity contribution in [2.24, 2.45) is 5.92 Å². The van der Waals surface area contributed by atoms with Crippen LogP contribution in [0, 0.1) is 19.8 Å². The monoisotopic (exact) mass is 515 g/mol. The predicted molar refractivity (Wildman–Crippen MR) is 148 cm³/mol. The van der Waals surface area contributed by atoms with Crippen molar-refractivity contribution in [1.29, 1.82) is 0 Å². The van der Waals surface area contributed by atoms with Crippen molar-refractivity contribution in [1.82, 2.24) is 15.5 Å². The molecule has 2 unspecified atom stereocenters. The Morgan fingerprint density at radius 2 is 1.78 bits per heavy atom. The summed E-state index contributed by atoms with van der Waals surface area (Å²) in [5, 5.41) is 5.94. The number of hydrogen-bond donors (Lipinski definition) is 2. The van der Waals surface area contributed by atoms with Gasteiger partial charge in [-0.25, -0.2) is 4.79 Å². The second kappa shape index (κ2) is 13.8. The lowest BCUT2D eigenvalue weighted by Gasteiger charge is -2.44. The van der Waals surface area contributed by atoms with Crippen molar-refractivity contribution in [2.75, 3.05) is 6.54 Å². The van der Waals surface area contributed by atoms with E-state index in [1.54, 1.807) is 25.7 Å². The van der Waals surface area contributed by atoms with E-state index in [9.17, 15) is 14.4 Å². The highest BCUT2D eigenvalue weighted by molar-refractivity contribution is 5.92. The summed E-state index contributed by atoms with van der Waals surface area (Å²) in [7, 11) is 0. The molecule has 1 fully saturated rings. The summed E-state index contributed by atoms with van der Waals surface area (Å²) >= 11 is 0.